The van der Waals surface area contributed by atoms with Crippen LogP contribution in [0.15, 0.2) is 84.1 Å². The van der Waals surface area contributed by atoms with Crippen LogP contribution in [0.3, 0.4) is 0 Å². The number of hydrogen-bond acceptors (Lipinski definition) is 2. The summed E-state index contributed by atoms with van der Waals surface area (Å²) in [5, 5.41) is 5.18. The zero-order valence-corrected chi connectivity index (χ0v) is 16.0. The molecule has 0 unspecified atom stereocenters. The SMILES string of the molecule is Cc1ccccc1C(=O)N/N=C\c1cn(Cc2ccc(F)cc2)c2ccccc12. The fourth-order valence-corrected chi connectivity index (χ4v) is 3.34. The molecule has 0 fully saturated rings. The molecule has 144 valence electrons. The molecule has 0 atom stereocenters. The van der Waals surface area contributed by atoms with E-state index < -0.39 is 0 Å². The van der Waals surface area contributed by atoms with Gasteiger partial charge in [0.25, 0.3) is 5.91 Å². The molecule has 0 aliphatic rings. The zero-order chi connectivity index (χ0) is 20.2. The van der Waals surface area contributed by atoms with Crippen LogP contribution in [0.1, 0.15) is 27.0 Å². The molecular weight excluding hydrogens is 365 g/mol. The number of benzene rings is 3. The highest BCUT2D eigenvalue weighted by Crippen LogP contribution is 2.21. The molecule has 0 aliphatic carbocycles. The molecule has 1 heterocycles. The van der Waals surface area contributed by atoms with Gasteiger partial charge in [-0.2, -0.15) is 5.10 Å². The van der Waals surface area contributed by atoms with E-state index in [1.807, 2.05) is 55.6 Å². The smallest absolute Gasteiger partial charge is 0.271 e. The Morgan fingerprint density at radius 2 is 1.76 bits per heavy atom. The molecule has 0 spiro atoms. The molecule has 0 radical (unpaired) electrons. The van der Waals surface area contributed by atoms with E-state index in [1.54, 1.807) is 24.4 Å². The summed E-state index contributed by atoms with van der Waals surface area (Å²) in [7, 11) is 0. The van der Waals surface area contributed by atoms with Gasteiger partial charge >= 0.3 is 0 Å². The van der Waals surface area contributed by atoms with Crippen LogP contribution in [0.25, 0.3) is 10.9 Å². The topological polar surface area (TPSA) is 46.4 Å². The summed E-state index contributed by atoms with van der Waals surface area (Å²) < 4.78 is 15.3. The van der Waals surface area contributed by atoms with Crippen molar-refractivity contribution in [3.05, 3.63) is 107 Å². The van der Waals surface area contributed by atoms with Crippen molar-refractivity contribution >= 4 is 23.0 Å². The molecule has 1 aromatic heterocycles. The van der Waals surface area contributed by atoms with Gasteiger partial charge in [-0.3, -0.25) is 4.79 Å². The second kappa shape index (κ2) is 8.10. The fraction of sp³-hybridized carbons (Fsp3) is 0.0833. The predicted molar refractivity (Wildman–Crippen MR) is 114 cm³/mol. The number of nitrogens with one attached hydrogen (secondary N) is 1. The Labute approximate surface area is 168 Å². The number of fused-ring (bicyclic) bond motifs is 1. The number of aryl methyl sites for hydroxylation is 1. The molecule has 1 amide bonds. The normalized spacial score (nSPS) is 11.2. The van der Waals surface area contributed by atoms with E-state index in [2.05, 4.69) is 15.1 Å². The van der Waals surface area contributed by atoms with Crippen LogP contribution in [-0.2, 0) is 6.54 Å². The standard InChI is InChI=1S/C24H20FN3O/c1-17-6-2-3-7-21(17)24(29)27-26-14-19-16-28(23-9-5-4-8-22(19)23)15-18-10-12-20(25)13-11-18/h2-14,16H,15H2,1H3,(H,27,29)/b26-14-. The van der Waals surface area contributed by atoms with Crippen molar-refractivity contribution < 1.29 is 9.18 Å². The van der Waals surface area contributed by atoms with E-state index in [9.17, 15) is 9.18 Å². The summed E-state index contributed by atoms with van der Waals surface area (Å²) in [5.74, 6) is -0.488. The first-order valence-electron chi connectivity index (χ1n) is 9.33. The molecule has 3 aromatic carbocycles. The number of rotatable bonds is 5. The molecule has 4 rings (SSSR count). The minimum atomic E-state index is -0.247. The summed E-state index contributed by atoms with van der Waals surface area (Å²) in [6.07, 6.45) is 3.64. The van der Waals surface area contributed by atoms with Crippen LogP contribution in [0.4, 0.5) is 4.39 Å². The van der Waals surface area contributed by atoms with Gasteiger partial charge in [-0.15, -0.1) is 0 Å². The fourth-order valence-electron chi connectivity index (χ4n) is 3.34. The maximum absolute atomic E-state index is 13.2. The Morgan fingerprint density at radius 1 is 1.03 bits per heavy atom. The third kappa shape index (κ3) is 4.09. The van der Waals surface area contributed by atoms with Gasteiger partial charge in [-0.1, -0.05) is 48.5 Å². The molecule has 29 heavy (non-hydrogen) atoms. The van der Waals surface area contributed by atoms with Gasteiger partial charge in [-0.25, -0.2) is 9.82 Å². The van der Waals surface area contributed by atoms with Gasteiger partial charge in [0.1, 0.15) is 5.82 Å². The Kier molecular flexibility index (Phi) is 5.20. The second-order valence-corrected chi connectivity index (χ2v) is 6.87. The van der Waals surface area contributed by atoms with Crippen molar-refractivity contribution in [2.24, 2.45) is 5.10 Å². The second-order valence-electron chi connectivity index (χ2n) is 6.87. The quantitative estimate of drug-likeness (QED) is 0.385. The number of nitrogens with zero attached hydrogens (tertiary/aromatic N) is 2. The molecule has 5 heteroatoms. The minimum Gasteiger partial charge on any atom is -0.342 e. The lowest BCUT2D eigenvalue weighted by atomic mass is 10.1. The van der Waals surface area contributed by atoms with Crippen molar-refractivity contribution in [3.63, 3.8) is 0 Å². The summed E-state index contributed by atoms with van der Waals surface area (Å²) >= 11 is 0. The highest BCUT2D eigenvalue weighted by molar-refractivity contribution is 6.00. The summed E-state index contributed by atoms with van der Waals surface area (Å²) in [6, 6.07) is 21.9. The zero-order valence-electron chi connectivity index (χ0n) is 16.0. The Bertz CT molecular complexity index is 1190. The predicted octanol–water partition coefficient (Wildman–Crippen LogP) is 4.90. The number of amides is 1. The Morgan fingerprint density at radius 3 is 2.55 bits per heavy atom. The first kappa shape index (κ1) is 18.6. The van der Waals surface area contributed by atoms with Crippen molar-refractivity contribution in [1.29, 1.82) is 0 Å². The van der Waals surface area contributed by atoms with E-state index in [0.29, 0.717) is 12.1 Å². The van der Waals surface area contributed by atoms with Crippen LogP contribution >= 0.6 is 0 Å². The van der Waals surface area contributed by atoms with Gasteiger partial charge in [0.2, 0.25) is 0 Å². The largest absolute Gasteiger partial charge is 0.342 e. The van der Waals surface area contributed by atoms with Crippen molar-refractivity contribution in [3.8, 4) is 0 Å². The van der Waals surface area contributed by atoms with Gasteiger partial charge in [0, 0.05) is 34.8 Å². The van der Waals surface area contributed by atoms with Crippen molar-refractivity contribution in [2.45, 2.75) is 13.5 Å². The number of hydrogen-bond donors (Lipinski definition) is 1. The minimum absolute atomic E-state index is 0.241. The Balaban J connectivity index is 1.57. The molecular formula is C24H20FN3O. The van der Waals surface area contributed by atoms with Crippen molar-refractivity contribution in [1.82, 2.24) is 9.99 Å². The molecule has 0 aliphatic heterocycles. The van der Waals surface area contributed by atoms with Crippen LogP contribution in [0.5, 0.6) is 0 Å². The molecule has 4 aromatic rings. The maximum Gasteiger partial charge on any atom is 0.271 e. The van der Waals surface area contributed by atoms with Gasteiger partial charge in [0.05, 0.1) is 6.21 Å². The highest BCUT2D eigenvalue weighted by atomic mass is 19.1. The Hall–Kier alpha value is -3.73. The molecule has 0 saturated heterocycles. The first-order chi connectivity index (χ1) is 14.1. The number of carbonyl (C=O) groups is 1. The number of hydrazone groups is 1. The van der Waals surface area contributed by atoms with Crippen LogP contribution in [-0.4, -0.2) is 16.7 Å². The number of carbonyl (C=O) groups excluding carboxylic acids is 1. The van der Waals surface area contributed by atoms with Crippen LogP contribution in [0, 0.1) is 12.7 Å². The average Bonchev–Trinajstić information content (AvgIpc) is 3.08. The van der Waals surface area contributed by atoms with Crippen LogP contribution in [0.2, 0.25) is 0 Å². The van der Waals surface area contributed by atoms with E-state index in [1.165, 1.54) is 12.1 Å². The lowest BCUT2D eigenvalue weighted by Gasteiger charge is -2.05. The molecule has 4 nitrogen and oxygen atoms in total. The van der Waals surface area contributed by atoms with Gasteiger partial charge < -0.3 is 4.57 Å². The summed E-state index contributed by atoms with van der Waals surface area (Å²) in [6.45, 7) is 2.51. The summed E-state index contributed by atoms with van der Waals surface area (Å²) in [4.78, 5) is 12.3. The number of halogens is 1. The molecule has 0 bridgehead atoms. The average molecular weight is 385 g/mol. The van der Waals surface area contributed by atoms with Gasteiger partial charge in [-0.05, 0) is 42.3 Å². The third-order valence-electron chi connectivity index (χ3n) is 4.85. The van der Waals surface area contributed by atoms with Crippen LogP contribution < -0.4 is 5.43 Å². The first-order valence-corrected chi connectivity index (χ1v) is 9.33. The van der Waals surface area contributed by atoms with E-state index in [0.717, 1.165) is 27.6 Å². The van der Waals surface area contributed by atoms with E-state index in [-0.39, 0.29) is 11.7 Å². The maximum atomic E-state index is 13.2. The third-order valence-corrected chi connectivity index (χ3v) is 4.85. The van der Waals surface area contributed by atoms with E-state index >= 15 is 0 Å². The monoisotopic (exact) mass is 385 g/mol. The molecule has 0 saturated carbocycles. The van der Waals surface area contributed by atoms with E-state index in [4.69, 9.17) is 0 Å². The van der Waals surface area contributed by atoms with Gasteiger partial charge in [0.15, 0.2) is 0 Å². The lowest BCUT2D eigenvalue weighted by molar-refractivity contribution is 0.0954. The number of para-hydroxylation sites is 1. The van der Waals surface area contributed by atoms with Crippen molar-refractivity contribution in [2.75, 3.05) is 0 Å². The lowest BCUT2D eigenvalue weighted by Crippen LogP contribution is -2.18. The number of aromatic nitrogens is 1. The summed E-state index contributed by atoms with van der Waals surface area (Å²) in [5.41, 5.74) is 7.04. The highest BCUT2D eigenvalue weighted by Gasteiger charge is 2.09. The molecule has 1 N–H and O–H groups in total.